The van der Waals surface area contributed by atoms with Gasteiger partial charge in [0.05, 0.1) is 23.0 Å². The minimum absolute atomic E-state index is 0.0622. The molecule has 1 atom stereocenters. The lowest BCUT2D eigenvalue weighted by molar-refractivity contribution is -0.385. The van der Waals surface area contributed by atoms with Crippen molar-refractivity contribution in [3.8, 4) is 6.07 Å². The highest BCUT2D eigenvalue weighted by Gasteiger charge is 2.20. The summed E-state index contributed by atoms with van der Waals surface area (Å²) < 4.78 is 0. The van der Waals surface area contributed by atoms with Crippen LogP contribution >= 0.6 is 0 Å². The SMILES string of the molecule is CC(=O)c1ccc(N(C)C(C)CC#N)cc1[N+](=O)[O-]. The summed E-state index contributed by atoms with van der Waals surface area (Å²) in [6.45, 7) is 3.15. The van der Waals surface area contributed by atoms with E-state index in [2.05, 4.69) is 6.07 Å². The summed E-state index contributed by atoms with van der Waals surface area (Å²) in [7, 11) is 1.76. The lowest BCUT2D eigenvalue weighted by Crippen LogP contribution is -2.28. The number of carbonyl (C=O) groups is 1. The van der Waals surface area contributed by atoms with Crippen LogP contribution in [0, 0.1) is 21.4 Å². The number of nitro groups is 1. The van der Waals surface area contributed by atoms with Crippen LogP contribution in [0.5, 0.6) is 0 Å². The van der Waals surface area contributed by atoms with Gasteiger partial charge in [-0.1, -0.05) is 0 Å². The van der Waals surface area contributed by atoms with Gasteiger partial charge in [0.1, 0.15) is 0 Å². The largest absolute Gasteiger partial charge is 0.371 e. The van der Waals surface area contributed by atoms with E-state index in [1.807, 2.05) is 6.92 Å². The monoisotopic (exact) mass is 261 g/mol. The Hall–Kier alpha value is -2.42. The average Bonchev–Trinajstić information content (AvgIpc) is 2.37. The molecule has 1 rings (SSSR count). The molecule has 0 bridgehead atoms. The first-order chi connectivity index (χ1) is 8.88. The maximum Gasteiger partial charge on any atom is 0.282 e. The van der Waals surface area contributed by atoms with Crippen molar-refractivity contribution in [1.82, 2.24) is 0 Å². The summed E-state index contributed by atoms with van der Waals surface area (Å²) in [6, 6.07) is 6.46. The van der Waals surface area contributed by atoms with Crippen LogP contribution in [-0.4, -0.2) is 23.8 Å². The third kappa shape index (κ3) is 3.28. The number of nitro benzene ring substituents is 1. The van der Waals surface area contributed by atoms with Crippen LogP contribution in [0.1, 0.15) is 30.6 Å². The molecule has 0 aromatic heterocycles. The predicted octanol–water partition coefficient (Wildman–Crippen LogP) is 2.54. The Balaban J connectivity index is 3.19. The third-order valence-corrected chi connectivity index (χ3v) is 3.01. The lowest BCUT2D eigenvalue weighted by Gasteiger charge is -2.25. The molecule has 0 radical (unpaired) electrons. The molecule has 6 nitrogen and oxygen atoms in total. The van der Waals surface area contributed by atoms with Gasteiger partial charge in [-0.05, 0) is 26.0 Å². The fourth-order valence-electron chi connectivity index (χ4n) is 1.71. The van der Waals surface area contributed by atoms with Crippen molar-refractivity contribution in [3.63, 3.8) is 0 Å². The van der Waals surface area contributed by atoms with Gasteiger partial charge in [0, 0.05) is 24.8 Å². The number of benzene rings is 1. The number of Topliss-reactive ketones (excluding diaryl/α,β-unsaturated/α-hetero) is 1. The molecule has 0 aliphatic rings. The molecule has 1 aromatic rings. The molecular formula is C13H15N3O3. The maximum absolute atomic E-state index is 11.3. The summed E-state index contributed by atoms with van der Waals surface area (Å²) in [5.74, 6) is -0.342. The molecule has 1 aromatic carbocycles. The van der Waals surface area contributed by atoms with E-state index in [1.165, 1.54) is 19.1 Å². The Morgan fingerprint density at radius 3 is 2.68 bits per heavy atom. The zero-order valence-electron chi connectivity index (χ0n) is 11.1. The summed E-state index contributed by atoms with van der Waals surface area (Å²) >= 11 is 0. The van der Waals surface area contributed by atoms with Gasteiger partial charge in [-0.25, -0.2) is 0 Å². The number of hydrogen-bond acceptors (Lipinski definition) is 5. The molecule has 100 valence electrons. The molecule has 0 amide bonds. The second kappa shape index (κ2) is 5.96. The van der Waals surface area contributed by atoms with E-state index in [0.29, 0.717) is 12.1 Å². The van der Waals surface area contributed by atoms with Crippen LogP contribution in [0.15, 0.2) is 18.2 Å². The normalized spacial score (nSPS) is 11.5. The van der Waals surface area contributed by atoms with E-state index >= 15 is 0 Å². The molecule has 6 heteroatoms. The molecule has 19 heavy (non-hydrogen) atoms. The average molecular weight is 261 g/mol. The molecule has 1 unspecified atom stereocenters. The molecular weight excluding hydrogens is 246 g/mol. The van der Waals surface area contributed by atoms with E-state index < -0.39 is 4.92 Å². The Bertz CT molecular complexity index is 549. The molecule has 0 saturated carbocycles. The Kier molecular flexibility index (Phi) is 4.59. The van der Waals surface area contributed by atoms with Gasteiger partial charge in [0.15, 0.2) is 5.78 Å². The number of rotatable bonds is 5. The van der Waals surface area contributed by atoms with Crippen LogP contribution in [-0.2, 0) is 0 Å². The van der Waals surface area contributed by atoms with Gasteiger partial charge in [-0.2, -0.15) is 5.26 Å². The second-order valence-electron chi connectivity index (χ2n) is 4.34. The Morgan fingerprint density at radius 2 is 2.21 bits per heavy atom. The summed E-state index contributed by atoms with van der Waals surface area (Å²) in [6.07, 6.45) is 0.318. The zero-order valence-corrected chi connectivity index (χ0v) is 11.1. The summed E-state index contributed by atoms with van der Waals surface area (Å²) in [4.78, 5) is 23.5. The fraction of sp³-hybridized carbons (Fsp3) is 0.385. The topological polar surface area (TPSA) is 87.2 Å². The summed E-state index contributed by atoms with van der Waals surface area (Å²) in [5.41, 5.74) is 0.496. The van der Waals surface area contributed by atoms with E-state index in [4.69, 9.17) is 5.26 Å². The number of carbonyl (C=O) groups excluding carboxylic acids is 1. The first-order valence-corrected chi connectivity index (χ1v) is 5.77. The second-order valence-corrected chi connectivity index (χ2v) is 4.34. The van der Waals surface area contributed by atoms with Crippen molar-refractivity contribution in [3.05, 3.63) is 33.9 Å². The standard InChI is InChI=1S/C13H15N3O3/c1-9(6-7-14)15(3)11-4-5-12(10(2)17)13(8-11)16(18)19/h4-5,8-9H,6H2,1-3H3. The van der Waals surface area contributed by atoms with Crippen molar-refractivity contribution < 1.29 is 9.72 Å². The molecule has 0 heterocycles. The fourth-order valence-corrected chi connectivity index (χ4v) is 1.71. The first-order valence-electron chi connectivity index (χ1n) is 5.77. The van der Waals surface area contributed by atoms with Gasteiger partial charge in [0.25, 0.3) is 5.69 Å². The van der Waals surface area contributed by atoms with Crippen molar-refractivity contribution in [2.75, 3.05) is 11.9 Å². The van der Waals surface area contributed by atoms with Crippen molar-refractivity contribution in [1.29, 1.82) is 5.26 Å². The molecule has 0 spiro atoms. The highest BCUT2D eigenvalue weighted by molar-refractivity contribution is 5.98. The van der Waals surface area contributed by atoms with Gasteiger partial charge in [-0.15, -0.1) is 0 Å². The number of nitriles is 1. The quantitative estimate of drug-likeness (QED) is 0.461. The molecule has 0 fully saturated rings. The number of hydrogen-bond donors (Lipinski definition) is 0. The van der Waals surface area contributed by atoms with E-state index in [-0.39, 0.29) is 23.1 Å². The van der Waals surface area contributed by atoms with Crippen LogP contribution in [0.2, 0.25) is 0 Å². The molecule has 0 aliphatic heterocycles. The maximum atomic E-state index is 11.3. The minimum atomic E-state index is -0.566. The predicted molar refractivity (Wildman–Crippen MR) is 71.2 cm³/mol. The van der Waals surface area contributed by atoms with Crippen LogP contribution in [0.4, 0.5) is 11.4 Å². The van der Waals surface area contributed by atoms with Gasteiger partial charge < -0.3 is 4.90 Å². The van der Waals surface area contributed by atoms with Crippen molar-refractivity contribution in [2.24, 2.45) is 0 Å². The smallest absolute Gasteiger partial charge is 0.282 e. The highest BCUT2D eigenvalue weighted by Crippen LogP contribution is 2.26. The summed E-state index contributed by atoms with van der Waals surface area (Å²) in [5, 5.41) is 19.6. The van der Waals surface area contributed by atoms with Gasteiger partial charge >= 0.3 is 0 Å². The Morgan fingerprint density at radius 1 is 1.58 bits per heavy atom. The lowest BCUT2D eigenvalue weighted by atomic mass is 10.1. The third-order valence-electron chi connectivity index (χ3n) is 3.01. The number of ketones is 1. The molecule has 0 aliphatic carbocycles. The van der Waals surface area contributed by atoms with Crippen LogP contribution in [0.25, 0.3) is 0 Å². The number of nitrogens with zero attached hydrogens (tertiary/aromatic N) is 3. The van der Waals surface area contributed by atoms with Crippen molar-refractivity contribution >= 4 is 17.2 Å². The Labute approximate surface area is 111 Å². The zero-order chi connectivity index (χ0) is 14.6. The van der Waals surface area contributed by atoms with Crippen LogP contribution < -0.4 is 4.90 Å². The van der Waals surface area contributed by atoms with Gasteiger partial charge in [-0.3, -0.25) is 14.9 Å². The van der Waals surface area contributed by atoms with E-state index in [9.17, 15) is 14.9 Å². The molecule has 0 saturated heterocycles. The minimum Gasteiger partial charge on any atom is -0.371 e. The first kappa shape index (κ1) is 14.6. The molecule has 0 N–H and O–H groups in total. The highest BCUT2D eigenvalue weighted by atomic mass is 16.6. The van der Waals surface area contributed by atoms with Crippen molar-refractivity contribution in [2.45, 2.75) is 26.3 Å². The van der Waals surface area contributed by atoms with Gasteiger partial charge in [0.2, 0.25) is 0 Å². The van der Waals surface area contributed by atoms with E-state index in [1.54, 1.807) is 18.0 Å². The number of anilines is 1. The van der Waals surface area contributed by atoms with Crippen LogP contribution in [0.3, 0.4) is 0 Å². The van der Waals surface area contributed by atoms with E-state index in [0.717, 1.165) is 0 Å².